The average Bonchev–Trinajstić information content (AvgIpc) is 2.16. The zero-order chi connectivity index (χ0) is 9.80. The van der Waals surface area contributed by atoms with E-state index in [1.165, 1.54) is 38.6 Å². The minimum Gasteiger partial charge on any atom is -0.381 e. The Morgan fingerprint density at radius 2 is 2.00 bits per heavy atom. The number of rotatable bonds is 4. The molecule has 2 nitrogen and oxygen atoms in total. The maximum atomic E-state index is 5.60. The molecule has 0 amide bonds. The average molecular weight is 197 g/mol. The van der Waals surface area contributed by atoms with Gasteiger partial charge in [-0.15, -0.1) is 0 Å². The molecule has 0 radical (unpaired) electrons. The normalized spacial score (nSPS) is 31.1. The van der Waals surface area contributed by atoms with Gasteiger partial charge in [0.05, 0.1) is 0 Å². The van der Waals surface area contributed by atoms with Gasteiger partial charge < -0.3 is 10.1 Å². The van der Waals surface area contributed by atoms with Gasteiger partial charge in [0, 0.05) is 13.2 Å². The molecule has 82 valence electrons. The van der Waals surface area contributed by atoms with Crippen molar-refractivity contribution in [2.45, 2.75) is 32.1 Å². The Bertz CT molecular complexity index is 162. The number of ether oxygens (including phenoxy) is 1. The summed E-state index contributed by atoms with van der Waals surface area (Å²) in [7, 11) is 2.08. The molecule has 2 unspecified atom stereocenters. The first-order valence-electron chi connectivity index (χ1n) is 6.14. The van der Waals surface area contributed by atoms with Gasteiger partial charge in [-0.2, -0.15) is 0 Å². The van der Waals surface area contributed by atoms with Crippen molar-refractivity contribution in [1.29, 1.82) is 0 Å². The van der Waals surface area contributed by atoms with Crippen molar-refractivity contribution in [3.05, 3.63) is 0 Å². The molecule has 0 bridgehead atoms. The summed E-state index contributed by atoms with van der Waals surface area (Å²) >= 11 is 0. The third-order valence-corrected chi connectivity index (χ3v) is 4.00. The van der Waals surface area contributed by atoms with Crippen LogP contribution in [0.15, 0.2) is 0 Å². The molecule has 2 rings (SSSR count). The first-order chi connectivity index (χ1) is 6.92. The predicted molar refractivity (Wildman–Crippen MR) is 58.3 cm³/mol. The van der Waals surface area contributed by atoms with Gasteiger partial charge in [-0.05, 0) is 44.2 Å². The van der Waals surface area contributed by atoms with E-state index in [1.54, 1.807) is 0 Å². The maximum absolute atomic E-state index is 5.60. The SMILES string of the molecule is CNCC(C1CCC1)C1CCCOC1. The molecule has 2 heteroatoms. The molecule has 0 aromatic heterocycles. The van der Waals surface area contributed by atoms with Gasteiger partial charge in [0.25, 0.3) is 0 Å². The standard InChI is InChI=1S/C12H23NO/c1-13-8-12(10-4-2-5-10)11-6-3-7-14-9-11/h10-13H,2-9H2,1H3. The quantitative estimate of drug-likeness (QED) is 0.745. The van der Waals surface area contributed by atoms with Gasteiger partial charge in [0.15, 0.2) is 0 Å². The third-order valence-electron chi connectivity index (χ3n) is 4.00. The monoisotopic (exact) mass is 197 g/mol. The minimum atomic E-state index is 0.835. The van der Waals surface area contributed by atoms with Gasteiger partial charge in [-0.1, -0.05) is 19.3 Å². The van der Waals surface area contributed by atoms with Crippen molar-refractivity contribution < 1.29 is 4.74 Å². The zero-order valence-electron chi connectivity index (χ0n) is 9.30. The molecule has 14 heavy (non-hydrogen) atoms. The molecule has 1 heterocycles. The lowest BCUT2D eigenvalue weighted by molar-refractivity contribution is 0.00486. The number of hydrogen-bond acceptors (Lipinski definition) is 2. The molecule has 1 aliphatic carbocycles. The van der Waals surface area contributed by atoms with Gasteiger partial charge in [0.2, 0.25) is 0 Å². The summed E-state index contributed by atoms with van der Waals surface area (Å²) in [6.07, 6.45) is 7.05. The fourth-order valence-corrected chi connectivity index (χ4v) is 2.93. The second-order valence-electron chi connectivity index (χ2n) is 4.89. The summed E-state index contributed by atoms with van der Waals surface area (Å²) in [5.74, 6) is 2.71. The summed E-state index contributed by atoms with van der Waals surface area (Å²) < 4.78 is 5.60. The van der Waals surface area contributed by atoms with Gasteiger partial charge in [0.1, 0.15) is 0 Å². The van der Waals surface area contributed by atoms with Crippen LogP contribution in [0.4, 0.5) is 0 Å². The molecule has 0 aromatic rings. The largest absolute Gasteiger partial charge is 0.381 e. The molecule has 1 aliphatic heterocycles. The van der Waals surface area contributed by atoms with E-state index in [0.717, 1.165) is 31.0 Å². The van der Waals surface area contributed by atoms with Crippen molar-refractivity contribution in [2.24, 2.45) is 17.8 Å². The molecule has 1 N–H and O–H groups in total. The Labute approximate surface area is 87.4 Å². The second kappa shape index (κ2) is 5.13. The molecule has 1 saturated heterocycles. The molecule has 1 saturated carbocycles. The van der Waals surface area contributed by atoms with E-state index in [9.17, 15) is 0 Å². The van der Waals surface area contributed by atoms with Crippen LogP contribution in [-0.4, -0.2) is 26.8 Å². The van der Waals surface area contributed by atoms with Crippen LogP contribution >= 0.6 is 0 Å². The van der Waals surface area contributed by atoms with E-state index in [2.05, 4.69) is 12.4 Å². The fraction of sp³-hybridized carbons (Fsp3) is 1.00. The Morgan fingerprint density at radius 1 is 1.21 bits per heavy atom. The summed E-state index contributed by atoms with van der Waals surface area (Å²) in [4.78, 5) is 0. The lowest BCUT2D eigenvalue weighted by atomic mass is 9.69. The highest BCUT2D eigenvalue weighted by Crippen LogP contribution is 2.39. The van der Waals surface area contributed by atoms with Crippen LogP contribution in [0, 0.1) is 17.8 Å². The van der Waals surface area contributed by atoms with E-state index in [-0.39, 0.29) is 0 Å². The van der Waals surface area contributed by atoms with E-state index in [0.29, 0.717) is 0 Å². The van der Waals surface area contributed by atoms with Crippen LogP contribution in [-0.2, 0) is 4.74 Å². The van der Waals surface area contributed by atoms with Crippen LogP contribution in [0.3, 0.4) is 0 Å². The van der Waals surface area contributed by atoms with E-state index in [1.807, 2.05) is 0 Å². The lowest BCUT2D eigenvalue weighted by Gasteiger charge is -2.40. The van der Waals surface area contributed by atoms with Gasteiger partial charge >= 0.3 is 0 Å². The summed E-state index contributed by atoms with van der Waals surface area (Å²) in [5, 5.41) is 3.36. The Kier molecular flexibility index (Phi) is 3.82. The van der Waals surface area contributed by atoms with Crippen LogP contribution in [0.25, 0.3) is 0 Å². The van der Waals surface area contributed by atoms with E-state index in [4.69, 9.17) is 4.74 Å². The first kappa shape index (κ1) is 10.4. The van der Waals surface area contributed by atoms with Crippen molar-refractivity contribution in [1.82, 2.24) is 5.32 Å². The predicted octanol–water partition coefficient (Wildman–Crippen LogP) is 2.05. The lowest BCUT2D eigenvalue weighted by Crippen LogP contribution is -2.38. The first-order valence-corrected chi connectivity index (χ1v) is 6.14. The minimum absolute atomic E-state index is 0.835. The topological polar surface area (TPSA) is 21.3 Å². The summed E-state index contributed by atoms with van der Waals surface area (Å²) in [5.41, 5.74) is 0. The third kappa shape index (κ3) is 2.29. The zero-order valence-corrected chi connectivity index (χ0v) is 9.30. The van der Waals surface area contributed by atoms with Crippen molar-refractivity contribution >= 4 is 0 Å². The van der Waals surface area contributed by atoms with Crippen LogP contribution < -0.4 is 5.32 Å². The van der Waals surface area contributed by atoms with Crippen LogP contribution in [0.1, 0.15) is 32.1 Å². The molecule has 0 spiro atoms. The van der Waals surface area contributed by atoms with Crippen LogP contribution in [0.5, 0.6) is 0 Å². The van der Waals surface area contributed by atoms with Crippen LogP contribution in [0.2, 0.25) is 0 Å². The Balaban J connectivity index is 1.86. The van der Waals surface area contributed by atoms with Crippen molar-refractivity contribution in [3.8, 4) is 0 Å². The highest BCUT2D eigenvalue weighted by molar-refractivity contribution is 4.84. The maximum Gasteiger partial charge on any atom is 0.0497 e. The smallest absolute Gasteiger partial charge is 0.0497 e. The Hall–Kier alpha value is -0.0800. The fourth-order valence-electron chi connectivity index (χ4n) is 2.93. The molecule has 2 aliphatic rings. The second-order valence-corrected chi connectivity index (χ2v) is 4.89. The van der Waals surface area contributed by atoms with Gasteiger partial charge in [-0.3, -0.25) is 0 Å². The highest BCUT2D eigenvalue weighted by Gasteiger charge is 2.33. The van der Waals surface area contributed by atoms with E-state index >= 15 is 0 Å². The van der Waals surface area contributed by atoms with Gasteiger partial charge in [-0.25, -0.2) is 0 Å². The summed E-state index contributed by atoms with van der Waals surface area (Å²) in [6, 6.07) is 0. The Morgan fingerprint density at radius 3 is 2.50 bits per heavy atom. The van der Waals surface area contributed by atoms with Crippen molar-refractivity contribution in [2.75, 3.05) is 26.8 Å². The number of nitrogens with one attached hydrogen (secondary N) is 1. The van der Waals surface area contributed by atoms with Crippen molar-refractivity contribution in [3.63, 3.8) is 0 Å². The number of hydrogen-bond donors (Lipinski definition) is 1. The highest BCUT2D eigenvalue weighted by atomic mass is 16.5. The molecule has 0 aromatic carbocycles. The molecule has 2 atom stereocenters. The molecule has 2 fully saturated rings. The molecular formula is C12H23NO. The molecular weight excluding hydrogens is 174 g/mol. The summed E-state index contributed by atoms with van der Waals surface area (Å²) in [6.45, 7) is 3.20. The van der Waals surface area contributed by atoms with E-state index < -0.39 is 0 Å².